The highest BCUT2D eigenvalue weighted by Gasteiger charge is 2.67. The summed E-state index contributed by atoms with van der Waals surface area (Å²) in [7, 11) is -3.60. The molecule has 0 saturated carbocycles. The van der Waals surface area contributed by atoms with Gasteiger partial charge in [-0.15, -0.1) is 0 Å². The molecule has 0 aromatic heterocycles. The van der Waals surface area contributed by atoms with E-state index in [9.17, 15) is 19.5 Å². The van der Waals surface area contributed by atoms with Crippen LogP contribution in [0.3, 0.4) is 0 Å². The summed E-state index contributed by atoms with van der Waals surface area (Å²) < 4.78 is 23.8. The molecule has 1 N–H and O–H groups in total. The van der Waals surface area contributed by atoms with Gasteiger partial charge in [0.05, 0.1) is 37.4 Å². The van der Waals surface area contributed by atoms with Gasteiger partial charge in [-0.1, -0.05) is 43.3 Å². The molecule has 0 aliphatic carbocycles. The summed E-state index contributed by atoms with van der Waals surface area (Å²) in [5, 5.41) is 10.4. The standard InChI is InChI=1S/C43H51FN4O6Si/c1-28-41(55(2,3)44)37(24-40(52)47-26-31-13-5-4-12-30(31)22-34(47)27-49)54-43(28)35-23-33(46-20-9-7-16-39(46)51)17-18-36(35)48(42(43)53)25-29-11-10-14-32(21-29)45-19-8-6-15-38(45)50/h4-5,10-14,17-18,21,23,28,34,37,41,49H,6-9,15-16,19-20,22,24-27H2,1-3H3/t28-,34+,37+,41-,43+/m1/s1. The molecule has 4 amide bonds. The number of ether oxygens (including phenoxy) is 1. The number of carbonyl (C=O) groups is 4. The second kappa shape index (κ2) is 14.6. The minimum Gasteiger partial charge on any atom is -0.394 e. The normalized spacial score (nSPS) is 26.9. The fourth-order valence-corrected chi connectivity index (χ4v) is 12.5. The number of nitrogens with zero attached hydrogens (tertiary/aromatic N) is 4. The number of amides is 4. The molecular formula is C43H51FN4O6Si. The van der Waals surface area contributed by atoms with Crippen molar-refractivity contribution in [2.75, 3.05) is 34.4 Å². The Kier molecular flexibility index (Phi) is 9.96. The zero-order valence-corrected chi connectivity index (χ0v) is 33.0. The van der Waals surface area contributed by atoms with Crippen molar-refractivity contribution in [1.29, 1.82) is 0 Å². The van der Waals surface area contributed by atoms with Crippen LogP contribution in [0.5, 0.6) is 0 Å². The third-order valence-corrected chi connectivity index (χ3v) is 15.2. The molecule has 3 aromatic rings. The number of carbonyl (C=O) groups excluding carboxylic acids is 4. The summed E-state index contributed by atoms with van der Waals surface area (Å²) in [5.74, 6) is -1.10. The van der Waals surface area contributed by atoms with Gasteiger partial charge in [-0.05, 0) is 92.2 Å². The molecule has 5 aliphatic rings. The Bertz CT molecular complexity index is 2020. The number of anilines is 3. The van der Waals surface area contributed by atoms with Crippen LogP contribution in [0.2, 0.25) is 18.6 Å². The monoisotopic (exact) mass is 766 g/mol. The molecule has 3 fully saturated rings. The Morgan fingerprint density at radius 1 is 0.891 bits per heavy atom. The minimum atomic E-state index is -3.60. The molecule has 3 aromatic carbocycles. The molecule has 5 aliphatic heterocycles. The largest absolute Gasteiger partial charge is 0.394 e. The van der Waals surface area contributed by atoms with Crippen molar-refractivity contribution in [3.63, 3.8) is 0 Å². The van der Waals surface area contributed by atoms with Gasteiger partial charge < -0.3 is 33.6 Å². The SMILES string of the molecule is C[C@@H]1[C@@H]([Si](C)(C)F)[C@H](CC(=O)N2Cc3ccccc3C[C@H]2CO)O[C@@]12C(=O)N(Cc1cccc(N3CCCCC3=O)c1)c1ccc(N3CCCCC3=O)cc12. The van der Waals surface area contributed by atoms with Crippen LogP contribution in [-0.2, 0) is 49.0 Å². The number of fused-ring (bicyclic) bond motifs is 3. The van der Waals surface area contributed by atoms with E-state index in [0.29, 0.717) is 55.8 Å². The van der Waals surface area contributed by atoms with Gasteiger partial charge in [0.25, 0.3) is 5.91 Å². The number of hydrogen-bond donors (Lipinski definition) is 1. The molecule has 5 atom stereocenters. The Balaban J connectivity index is 1.17. The Hall–Kier alpha value is -4.39. The molecule has 0 unspecified atom stereocenters. The van der Waals surface area contributed by atoms with Crippen molar-refractivity contribution in [2.24, 2.45) is 5.92 Å². The highest BCUT2D eigenvalue weighted by molar-refractivity contribution is 6.72. The van der Waals surface area contributed by atoms with Gasteiger partial charge in [0.2, 0.25) is 26.1 Å². The van der Waals surface area contributed by atoms with Gasteiger partial charge in [-0.25, -0.2) is 0 Å². The summed E-state index contributed by atoms with van der Waals surface area (Å²) in [6, 6.07) is 20.8. The van der Waals surface area contributed by atoms with E-state index < -0.39 is 37.6 Å². The van der Waals surface area contributed by atoms with Crippen molar-refractivity contribution < 1.29 is 33.1 Å². The first-order valence-electron chi connectivity index (χ1n) is 19.9. The number of benzene rings is 3. The van der Waals surface area contributed by atoms with Gasteiger partial charge in [0.15, 0.2) is 5.60 Å². The lowest BCUT2D eigenvalue weighted by atomic mass is 9.82. The van der Waals surface area contributed by atoms with E-state index in [4.69, 9.17) is 4.74 Å². The first-order chi connectivity index (χ1) is 26.4. The lowest BCUT2D eigenvalue weighted by molar-refractivity contribution is -0.151. The zero-order chi connectivity index (χ0) is 38.6. The maximum absolute atomic E-state index is 16.8. The third kappa shape index (κ3) is 6.59. The van der Waals surface area contributed by atoms with Gasteiger partial charge in [-0.2, -0.15) is 0 Å². The van der Waals surface area contributed by atoms with Crippen LogP contribution >= 0.6 is 0 Å². The summed E-state index contributed by atoms with van der Waals surface area (Å²) in [4.78, 5) is 62.5. The van der Waals surface area contributed by atoms with Crippen LogP contribution in [0.4, 0.5) is 21.2 Å². The molecule has 5 heterocycles. The highest BCUT2D eigenvalue weighted by Crippen LogP contribution is 2.61. The molecule has 12 heteroatoms. The van der Waals surface area contributed by atoms with Crippen LogP contribution in [0.1, 0.15) is 74.1 Å². The molecular weight excluding hydrogens is 716 g/mol. The topological polar surface area (TPSA) is 111 Å². The van der Waals surface area contributed by atoms with Crippen molar-refractivity contribution in [1.82, 2.24) is 4.90 Å². The molecule has 8 rings (SSSR count). The van der Waals surface area contributed by atoms with Crippen molar-refractivity contribution in [2.45, 2.75) is 108 Å². The fraction of sp³-hybridized carbons (Fsp3) is 0.488. The van der Waals surface area contributed by atoms with Crippen LogP contribution in [-0.4, -0.2) is 73.9 Å². The Labute approximate surface area is 323 Å². The smallest absolute Gasteiger partial charge is 0.264 e. The van der Waals surface area contributed by atoms with Crippen LogP contribution < -0.4 is 14.7 Å². The number of aliphatic hydroxyl groups excluding tert-OH is 1. The van der Waals surface area contributed by atoms with Crippen molar-refractivity contribution >= 4 is 49.1 Å². The van der Waals surface area contributed by atoms with Crippen molar-refractivity contribution in [3.05, 3.63) is 89.0 Å². The number of hydrogen-bond acceptors (Lipinski definition) is 6. The second-order valence-corrected chi connectivity index (χ2v) is 20.4. The summed E-state index contributed by atoms with van der Waals surface area (Å²) >= 11 is 0. The molecule has 0 bridgehead atoms. The van der Waals surface area contributed by atoms with Gasteiger partial charge in [0.1, 0.15) is 0 Å². The zero-order valence-electron chi connectivity index (χ0n) is 32.0. The number of aliphatic hydroxyl groups is 1. The van der Waals surface area contributed by atoms with E-state index in [1.165, 1.54) is 0 Å². The Morgan fingerprint density at radius 2 is 1.56 bits per heavy atom. The molecule has 10 nitrogen and oxygen atoms in total. The average molecular weight is 767 g/mol. The number of rotatable bonds is 8. The van der Waals surface area contributed by atoms with E-state index in [2.05, 4.69) is 0 Å². The first-order valence-corrected chi connectivity index (χ1v) is 22.9. The highest BCUT2D eigenvalue weighted by atomic mass is 28.4. The van der Waals surface area contributed by atoms with Gasteiger partial charge in [-0.3, -0.25) is 19.2 Å². The summed E-state index contributed by atoms with van der Waals surface area (Å²) in [6.07, 6.45) is 3.94. The summed E-state index contributed by atoms with van der Waals surface area (Å²) in [5.41, 5.74) is 3.31. The van der Waals surface area contributed by atoms with E-state index in [0.717, 1.165) is 48.1 Å². The van der Waals surface area contributed by atoms with Crippen LogP contribution in [0.25, 0.3) is 0 Å². The van der Waals surface area contributed by atoms with E-state index in [-0.39, 0.29) is 43.2 Å². The second-order valence-electron chi connectivity index (χ2n) is 16.6. The predicted molar refractivity (Wildman–Crippen MR) is 211 cm³/mol. The molecule has 3 saturated heterocycles. The molecule has 1 spiro atoms. The van der Waals surface area contributed by atoms with Gasteiger partial charge in [0, 0.05) is 60.9 Å². The van der Waals surface area contributed by atoms with Gasteiger partial charge >= 0.3 is 0 Å². The van der Waals surface area contributed by atoms with E-state index in [1.807, 2.05) is 73.7 Å². The third-order valence-electron chi connectivity index (χ3n) is 12.7. The van der Waals surface area contributed by atoms with E-state index >= 15 is 8.90 Å². The minimum absolute atomic E-state index is 0.0195. The summed E-state index contributed by atoms with van der Waals surface area (Å²) in [6.45, 7) is 6.65. The van der Waals surface area contributed by atoms with E-state index in [1.54, 1.807) is 32.7 Å². The molecule has 0 radical (unpaired) electrons. The number of piperidine rings is 2. The number of halogens is 1. The average Bonchev–Trinajstić information content (AvgIpc) is 3.60. The van der Waals surface area contributed by atoms with Crippen LogP contribution in [0.15, 0.2) is 66.7 Å². The van der Waals surface area contributed by atoms with Crippen molar-refractivity contribution in [3.8, 4) is 0 Å². The molecule has 55 heavy (non-hydrogen) atoms. The lowest BCUT2D eigenvalue weighted by Crippen LogP contribution is -2.48. The Morgan fingerprint density at radius 3 is 2.22 bits per heavy atom. The maximum Gasteiger partial charge on any atom is 0.264 e. The molecule has 290 valence electrons. The maximum atomic E-state index is 16.8. The fourth-order valence-electron chi connectivity index (χ4n) is 10.1. The predicted octanol–water partition coefficient (Wildman–Crippen LogP) is 6.38. The van der Waals surface area contributed by atoms with Crippen LogP contribution in [0, 0.1) is 5.92 Å². The quantitative estimate of drug-likeness (QED) is 0.211. The first kappa shape index (κ1) is 37.5. The lowest BCUT2D eigenvalue weighted by Gasteiger charge is -2.37.